The van der Waals surface area contributed by atoms with Gasteiger partial charge in [0.2, 0.25) is 5.91 Å². The second-order valence-corrected chi connectivity index (χ2v) is 9.31. The van der Waals surface area contributed by atoms with Gasteiger partial charge < -0.3 is 10.4 Å². The highest BCUT2D eigenvalue weighted by molar-refractivity contribution is 8.00. The molecule has 4 rings (SSSR count). The van der Waals surface area contributed by atoms with Gasteiger partial charge in [0.25, 0.3) is 0 Å². The number of aromatic nitrogens is 2. The maximum absolute atomic E-state index is 12.9. The van der Waals surface area contributed by atoms with Crippen molar-refractivity contribution in [1.29, 1.82) is 0 Å². The van der Waals surface area contributed by atoms with E-state index in [2.05, 4.69) is 9.88 Å². The van der Waals surface area contributed by atoms with E-state index in [0.717, 1.165) is 33.0 Å². The van der Waals surface area contributed by atoms with Crippen molar-refractivity contribution in [3.8, 4) is 5.69 Å². The molecule has 4 aromatic rings. The molecule has 0 saturated carbocycles. The Morgan fingerprint density at radius 3 is 2.62 bits per heavy atom. The number of carbonyl (C=O) groups is 1. The number of halogens is 1. The predicted molar refractivity (Wildman–Crippen MR) is 132 cm³/mol. The zero-order valence-electron chi connectivity index (χ0n) is 17.9. The fourth-order valence-corrected chi connectivity index (χ4v) is 4.67. The first-order valence-electron chi connectivity index (χ1n) is 10.4. The topological polar surface area (TPSA) is 67.2 Å². The van der Waals surface area contributed by atoms with Gasteiger partial charge in [-0.2, -0.15) is 0 Å². The molecule has 0 spiro atoms. The third kappa shape index (κ3) is 4.83. The van der Waals surface area contributed by atoms with Crippen LogP contribution in [-0.4, -0.2) is 32.4 Å². The normalized spacial score (nSPS) is 12.1. The quantitative estimate of drug-likeness (QED) is 0.346. The lowest BCUT2D eigenvalue weighted by molar-refractivity contribution is -0.115. The Hall–Kier alpha value is -2.80. The first-order valence-corrected chi connectivity index (χ1v) is 11.6. The summed E-state index contributed by atoms with van der Waals surface area (Å²) in [6, 6.07) is 21.5. The molecule has 1 heterocycles. The first kappa shape index (κ1) is 22.4. The second kappa shape index (κ2) is 9.77. The molecule has 2 N–H and O–H groups in total. The fourth-order valence-electron chi connectivity index (χ4n) is 3.44. The lowest BCUT2D eigenvalue weighted by Gasteiger charge is -2.15. The van der Waals surface area contributed by atoms with Crippen molar-refractivity contribution in [2.45, 2.75) is 30.7 Å². The molecule has 0 aliphatic heterocycles. The molecule has 1 aromatic heterocycles. The van der Waals surface area contributed by atoms with Crippen LogP contribution in [0.1, 0.15) is 18.1 Å². The average molecular weight is 466 g/mol. The van der Waals surface area contributed by atoms with E-state index in [9.17, 15) is 9.90 Å². The van der Waals surface area contributed by atoms with E-state index < -0.39 is 5.25 Å². The lowest BCUT2D eigenvalue weighted by Crippen LogP contribution is -2.23. The van der Waals surface area contributed by atoms with Gasteiger partial charge in [0, 0.05) is 12.3 Å². The Balaban J connectivity index is 1.62. The molecule has 1 atom stereocenters. The third-order valence-corrected chi connectivity index (χ3v) is 6.52. The predicted octanol–water partition coefficient (Wildman–Crippen LogP) is 5.64. The molecule has 0 aliphatic carbocycles. The van der Waals surface area contributed by atoms with E-state index in [0.29, 0.717) is 17.1 Å². The number of carbonyl (C=O) groups excluding carboxylic acids is 1. The molecular formula is C25H24ClN3O2S. The number of para-hydroxylation sites is 2. The van der Waals surface area contributed by atoms with Crippen LogP contribution in [0.5, 0.6) is 0 Å². The van der Waals surface area contributed by atoms with Gasteiger partial charge >= 0.3 is 0 Å². The number of thioether (sulfide) groups is 1. The number of amides is 1. The van der Waals surface area contributed by atoms with Crippen molar-refractivity contribution < 1.29 is 9.90 Å². The summed E-state index contributed by atoms with van der Waals surface area (Å²) in [5.74, 6) is -0.141. The molecule has 0 fully saturated rings. The number of aryl methyl sites for hydroxylation is 1. The van der Waals surface area contributed by atoms with Gasteiger partial charge in [0.15, 0.2) is 5.16 Å². The summed E-state index contributed by atoms with van der Waals surface area (Å²) < 4.78 is 2.06. The van der Waals surface area contributed by atoms with Gasteiger partial charge in [-0.15, -0.1) is 0 Å². The van der Waals surface area contributed by atoms with Gasteiger partial charge in [0.05, 0.1) is 27.0 Å². The van der Waals surface area contributed by atoms with Crippen LogP contribution in [0, 0.1) is 6.92 Å². The maximum atomic E-state index is 12.9. The van der Waals surface area contributed by atoms with Crippen LogP contribution in [0.4, 0.5) is 5.69 Å². The number of aliphatic hydroxyl groups excluding tert-OH is 1. The first-order chi connectivity index (χ1) is 15.5. The number of hydrogen-bond acceptors (Lipinski definition) is 4. The largest absolute Gasteiger partial charge is 0.396 e. The third-order valence-electron chi connectivity index (χ3n) is 5.16. The highest BCUT2D eigenvalue weighted by atomic mass is 35.5. The van der Waals surface area contributed by atoms with Crippen molar-refractivity contribution in [2.24, 2.45) is 0 Å². The van der Waals surface area contributed by atoms with Crippen LogP contribution < -0.4 is 5.32 Å². The molecule has 0 bridgehead atoms. The Bertz CT molecular complexity index is 1250. The molecule has 0 radical (unpaired) electrons. The summed E-state index contributed by atoms with van der Waals surface area (Å²) in [4.78, 5) is 17.7. The minimum Gasteiger partial charge on any atom is -0.396 e. The number of rotatable bonds is 7. The number of fused-ring (bicyclic) bond motifs is 1. The van der Waals surface area contributed by atoms with Gasteiger partial charge in [0.1, 0.15) is 0 Å². The second-order valence-electron chi connectivity index (χ2n) is 7.59. The highest BCUT2D eigenvalue weighted by Crippen LogP contribution is 2.31. The van der Waals surface area contributed by atoms with Crippen molar-refractivity contribution in [3.05, 3.63) is 82.9 Å². The Labute approximate surface area is 196 Å². The van der Waals surface area contributed by atoms with E-state index in [1.54, 1.807) is 0 Å². The van der Waals surface area contributed by atoms with Crippen molar-refractivity contribution >= 4 is 46.0 Å². The van der Waals surface area contributed by atoms with Crippen molar-refractivity contribution in [2.75, 3.05) is 11.9 Å². The van der Waals surface area contributed by atoms with Gasteiger partial charge in [-0.25, -0.2) is 4.98 Å². The van der Waals surface area contributed by atoms with E-state index in [-0.39, 0.29) is 12.5 Å². The van der Waals surface area contributed by atoms with E-state index >= 15 is 0 Å². The minimum absolute atomic E-state index is 0.117. The number of anilines is 1. The molecule has 1 amide bonds. The van der Waals surface area contributed by atoms with Gasteiger partial charge in [-0.05, 0) is 67.8 Å². The number of hydrogen-bond donors (Lipinski definition) is 2. The van der Waals surface area contributed by atoms with Crippen LogP contribution in [-0.2, 0) is 11.2 Å². The molecule has 7 heteroatoms. The standard InChI is InChI=1S/C25H24ClN3O2S/c1-16-7-12-21(20(26)15-16)27-24(31)17(2)32-25-28-22-5-3-4-6-23(22)29(25)19-10-8-18(9-11-19)13-14-30/h3-12,15,17,30H,13-14H2,1-2H3,(H,27,31). The minimum atomic E-state index is -0.392. The summed E-state index contributed by atoms with van der Waals surface area (Å²) in [6.45, 7) is 3.93. The lowest BCUT2D eigenvalue weighted by atomic mass is 10.1. The molecule has 164 valence electrons. The zero-order chi connectivity index (χ0) is 22.7. The van der Waals surface area contributed by atoms with Crippen molar-refractivity contribution in [1.82, 2.24) is 9.55 Å². The average Bonchev–Trinajstić information content (AvgIpc) is 3.14. The van der Waals surface area contributed by atoms with E-state index in [1.165, 1.54) is 11.8 Å². The van der Waals surface area contributed by atoms with Gasteiger partial charge in [-0.3, -0.25) is 9.36 Å². The van der Waals surface area contributed by atoms with Crippen LogP contribution in [0.2, 0.25) is 5.02 Å². The molecule has 5 nitrogen and oxygen atoms in total. The highest BCUT2D eigenvalue weighted by Gasteiger charge is 2.21. The van der Waals surface area contributed by atoms with E-state index in [1.807, 2.05) is 80.6 Å². The molecule has 0 aliphatic rings. The Morgan fingerprint density at radius 1 is 1.16 bits per heavy atom. The number of nitrogens with zero attached hydrogens (tertiary/aromatic N) is 2. The van der Waals surface area contributed by atoms with Gasteiger partial charge in [-0.1, -0.05) is 53.7 Å². The molecule has 0 saturated heterocycles. The monoisotopic (exact) mass is 465 g/mol. The van der Waals surface area contributed by atoms with Crippen LogP contribution in [0.3, 0.4) is 0 Å². The maximum Gasteiger partial charge on any atom is 0.237 e. The number of nitrogens with one attached hydrogen (secondary N) is 1. The fraction of sp³-hybridized carbons (Fsp3) is 0.200. The summed E-state index contributed by atoms with van der Waals surface area (Å²) in [7, 11) is 0. The number of benzene rings is 3. The van der Waals surface area contributed by atoms with Crippen LogP contribution >= 0.6 is 23.4 Å². The number of aliphatic hydroxyl groups is 1. The summed E-state index contributed by atoms with van der Waals surface area (Å²) in [5.41, 5.74) is 5.49. The summed E-state index contributed by atoms with van der Waals surface area (Å²) in [5, 5.41) is 13.0. The molecule has 3 aromatic carbocycles. The number of imidazole rings is 1. The summed E-state index contributed by atoms with van der Waals surface area (Å²) in [6.07, 6.45) is 0.616. The molecule has 32 heavy (non-hydrogen) atoms. The van der Waals surface area contributed by atoms with E-state index in [4.69, 9.17) is 16.6 Å². The zero-order valence-corrected chi connectivity index (χ0v) is 19.5. The van der Waals surface area contributed by atoms with Crippen molar-refractivity contribution in [3.63, 3.8) is 0 Å². The summed E-state index contributed by atoms with van der Waals surface area (Å²) >= 11 is 7.68. The van der Waals surface area contributed by atoms with Crippen LogP contribution in [0.15, 0.2) is 71.9 Å². The Kier molecular flexibility index (Phi) is 6.84. The SMILES string of the molecule is Cc1ccc(NC(=O)C(C)Sc2nc3ccccc3n2-c2ccc(CCO)cc2)c(Cl)c1. The smallest absolute Gasteiger partial charge is 0.237 e. The molecular weight excluding hydrogens is 442 g/mol. The van der Waals surface area contributed by atoms with Crippen LogP contribution in [0.25, 0.3) is 16.7 Å². The Morgan fingerprint density at radius 2 is 1.91 bits per heavy atom. The molecule has 1 unspecified atom stereocenters.